The van der Waals surface area contributed by atoms with E-state index in [1.54, 1.807) is 0 Å². The molecule has 0 N–H and O–H groups in total. The maximum absolute atomic E-state index is 3.66. The molecule has 0 aliphatic carbocycles. The molecule has 0 aromatic heterocycles. The smallest absolute Gasteiger partial charge is 0.0658 e. The Kier molecular flexibility index (Phi) is 3.07. The fourth-order valence-electron chi connectivity index (χ4n) is 0.0962. The highest BCUT2D eigenvalue weighted by atomic mass is 29.1. The maximum atomic E-state index is 3.66. The van der Waals surface area contributed by atoms with Gasteiger partial charge in [0.05, 0.1) is 8.31 Å². The van der Waals surface area contributed by atoms with Gasteiger partial charge in [0.15, 0.2) is 0 Å². The van der Waals surface area contributed by atoms with Crippen molar-refractivity contribution >= 4 is 18.1 Å². The molecule has 0 saturated heterocycles. The van der Waals surface area contributed by atoms with E-state index in [-0.39, 0.29) is 0 Å². The van der Waals surface area contributed by atoms with E-state index in [0.717, 1.165) is 0 Å². The van der Waals surface area contributed by atoms with Crippen LogP contribution in [0.3, 0.4) is 0 Å². The first-order valence-corrected chi connectivity index (χ1v) is 8.01. The van der Waals surface area contributed by atoms with E-state index < -0.39 is 8.31 Å². The van der Waals surface area contributed by atoms with Gasteiger partial charge in [0.2, 0.25) is 0 Å². The summed E-state index contributed by atoms with van der Waals surface area (Å²) in [7, 11) is 0.799. The number of rotatable bonds is 2. The van der Waals surface area contributed by atoms with E-state index >= 15 is 0 Å². The maximum Gasteiger partial charge on any atom is 0.0658 e. The second-order valence-electron chi connectivity index (χ2n) is 1.33. The highest BCUT2D eigenvalue weighted by molar-refractivity contribution is 7.09. The summed E-state index contributed by atoms with van der Waals surface area (Å²) in [6, 6.07) is 0. The lowest BCUT2D eigenvalue weighted by atomic mass is 11.2. The van der Waals surface area contributed by atoms with Crippen LogP contribution in [0.2, 0.25) is 0 Å². The molecule has 0 aliphatic rings. The third kappa shape index (κ3) is 2.17. The van der Waals surface area contributed by atoms with E-state index in [4.69, 9.17) is 0 Å². The van der Waals surface area contributed by atoms with Gasteiger partial charge < -0.3 is 0 Å². The molecule has 0 aliphatic heterocycles. The molecule has 0 rings (SSSR count). The molecular formula is C4H10Si2. The molecule has 0 atom stereocenters. The summed E-state index contributed by atoms with van der Waals surface area (Å²) in [5.41, 5.74) is 4.11. The van der Waals surface area contributed by atoms with Crippen molar-refractivity contribution in [1.82, 2.24) is 0 Å². The van der Waals surface area contributed by atoms with Crippen LogP contribution in [0.1, 0.15) is 0 Å². The Hall–Kier alpha value is -0.0862. The van der Waals surface area contributed by atoms with Crippen LogP contribution in [-0.2, 0) is 0 Å². The standard InChI is InChI=1S/C4H10Si2/c1-3-6(5)4-2/h3-4,6H,1-2H2,5H3. The molecule has 6 heavy (non-hydrogen) atoms. The summed E-state index contributed by atoms with van der Waals surface area (Å²) in [4.78, 5) is 0. The van der Waals surface area contributed by atoms with Crippen molar-refractivity contribution in [3.05, 3.63) is 24.6 Å². The van der Waals surface area contributed by atoms with E-state index in [9.17, 15) is 0 Å². The Morgan fingerprint density at radius 3 is 1.67 bits per heavy atom. The zero-order valence-electron chi connectivity index (χ0n) is 4.15. The molecule has 0 fully saturated rings. The first-order valence-electron chi connectivity index (χ1n) is 2.06. The van der Waals surface area contributed by atoms with Crippen LogP contribution < -0.4 is 0 Å². The predicted octanol–water partition coefficient (Wildman–Crippen LogP) is -0.474. The van der Waals surface area contributed by atoms with Crippen molar-refractivity contribution < 1.29 is 0 Å². The van der Waals surface area contributed by atoms with Gasteiger partial charge in [-0.25, -0.2) is 0 Å². The lowest BCUT2D eigenvalue weighted by Gasteiger charge is -1.85. The molecule has 0 aromatic rings. The molecule has 0 spiro atoms. The Bertz CT molecular complexity index is 50.6. The van der Waals surface area contributed by atoms with Gasteiger partial charge in [-0.2, -0.15) is 0 Å². The average Bonchev–Trinajstić information content (AvgIpc) is 1.65. The van der Waals surface area contributed by atoms with Crippen molar-refractivity contribution in [2.45, 2.75) is 0 Å². The summed E-state index contributed by atoms with van der Waals surface area (Å²) >= 11 is 0. The molecule has 0 bridgehead atoms. The van der Waals surface area contributed by atoms with Crippen molar-refractivity contribution in [3.63, 3.8) is 0 Å². The van der Waals surface area contributed by atoms with Crippen LogP contribution in [0.25, 0.3) is 0 Å². The van der Waals surface area contributed by atoms with Crippen LogP contribution in [0.4, 0.5) is 0 Å². The Labute approximate surface area is 43.4 Å². The van der Waals surface area contributed by atoms with Crippen LogP contribution in [0.15, 0.2) is 24.6 Å². The largest absolute Gasteiger partial charge is 0.107 e. The first-order chi connectivity index (χ1) is 2.81. The van der Waals surface area contributed by atoms with Gasteiger partial charge in [0.1, 0.15) is 0 Å². The normalized spacial score (nSPS) is 8.83. The average molecular weight is 114 g/mol. The van der Waals surface area contributed by atoms with Gasteiger partial charge in [-0.15, -0.1) is 24.6 Å². The lowest BCUT2D eigenvalue weighted by Crippen LogP contribution is -2.02. The molecule has 34 valence electrons. The second-order valence-corrected chi connectivity index (χ2v) is 7.99. The number of hydrogen-bond donors (Lipinski definition) is 0. The van der Waals surface area contributed by atoms with Gasteiger partial charge in [0.25, 0.3) is 0 Å². The van der Waals surface area contributed by atoms with E-state index in [1.165, 1.54) is 9.76 Å². The van der Waals surface area contributed by atoms with Crippen molar-refractivity contribution in [1.29, 1.82) is 0 Å². The minimum atomic E-state index is -0.494. The zero-order valence-corrected chi connectivity index (χ0v) is 7.30. The highest BCUT2D eigenvalue weighted by Gasteiger charge is 1.82. The van der Waals surface area contributed by atoms with E-state index in [1.807, 2.05) is 0 Å². The fraction of sp³-hybridized carbons (Fsp3) is 0. The van der Waals surface area contributed by atoms with Gasteiger partial charge in [-0.05, 0) is 0 Å². The third-order valence-electron chi connectivity index (χ3n) is 0.744. The minimum absolute atomic E-state index is 0.494. The molecule has 0 saturated carbocycles. The monoisotopic (exact) mass is 114 g/mol. The van der Waals surface area contributed by atoms with Crippen LogP contribution in [0.5, 0.6) is 0 Å². The SMILES string of the molecule is C=C[SiH]([SiH3])C=C. The van der Waals surface area contributed by atoms with E-state index in [2.05, 4.69) is 24.6 Å². The van der Waals surface area contributed by atoms with Crippen LogP contribution >= 0.6 is 0 Å². The molecule has 0 aromatic carbocycles. The molecule has 0 nitrogen and oxygen atoms in total. The molecule has 0 radical (unpaired) electrons. The lowest BCUT2D eigenvalue weighted by molar-refractivity contribution is 2.41. The Morgan fingerprint density at radius 2 is 1.67 bits per heavy atom. The molecule has 0 amide bonds. The van der Waals surface area contributed by atoms with Gasteiger partial charge in [-0.1, -0.05) is 0 Å². The summed E-state index contributed by atoms with van der Waals surface area (Å²) < 4.78 is 0. The van der Waals surface area contributed by atoms with Crippen molar-refractivity contribution in [2.75, 3.05) is 0 Å². The summed E-state index contributed by atoms with van der Waals surface area (Å²) in [6.07, 6.45) is 0. The third-order valence-corrected chi connectivity index (χ3v) is 5.06. The highest BCUT2D eigenvalue weighted by Crippen LogP contribution is 1.72. The van der Waals surface area contributed by atoms with Gasteiger partial charge >= 0.3 is 0 Å². The van der Waals surface area contributed by atoms with Crippen LogP contribution in [0, 0.1) is 0 Å². The summed E-state index contributed by atoms with van der Waals surface area (Å²) in [6.45, 7) is 7.31. The molecular weight excluding hydrogens is 104 g/mol. The quantitative estimate of drug-likeness (QED) is 0.426. The van der Waals surface area contributed by atoms with Gasteiger partial charge in [0, 0.05) is 9.76 Å². The molecule has 0 heterocycles. The molecule has 0 unspecified atom stereocenters. The Morgan fingerprint density at radius 1 is 1.33 bits per heavy atom. The van der Waals surface area contributed by atoms with Crippen molar-refractivity contribution in [2.24, 2.45) is 0 Å². The Balaban J connectivity index is 3.21. The minimum Gasteiger partial charge on any atom is -0.107 e. The molecule has 2 heteroatoms. The second kappa shape index (κ2) is 3.12. The topological polar surface area (TPSA) is 0 Å². The van der Waals surface area contributed by atoms with E-state index in [0.29, 0.717) is 0 Å². The fourth-order valence-corrected chi connectivity index (χ4v) is 0.289. The van der Waals surface area contributed by atoms with Crippen molar-refractivity contribution in [3.8, 4) is 0 Å². The summed E-state index contributed by atoms with van der Waals surface area (Å²) in [5.74, 6) is 0. The predicted molar refractivity (Wildman–Crippen MR) is 37.5 cm³/mol. The van der Waals surface area contributed by atoms with Crippen LogP contribution in [-0.4, -0.2) is 18.1 Å². The summed E-state index contributed by atoms with van der Waals surface area (Å²) in [5, 5.41) is 0. The van der Waals surface area contributed by atoms with Gasteiger partial charge in [-0.3, -0.25) is 0 Å². The zero-order chi connectivity index (χ0) is 4.99. The first kappa shape index (κ1) is 5.91. The number of hydrogen-bond acceptors (Lipinski definition) is 0.